The van der Waals surface area contributed by atoms with Gasteiger partial charge in [0.15, 0.2) is 0 Å². The van der Waals surface area contributed by atoms with Gasteiger partial charge in [-0.3, -0.25) is 0 Å². The number of aromatic hydroxyl groups is 1. The average molecular weight is 312 g/mol. The Morgan fingerprint density at radius 3 is 1.91 bits per heavy atom. The molecule has 0 aromatic heterocycles. The van der Waals surface area contributed by atoms with Gasteiger partial charge in [-0.15, -0.1) is 0 Å². The highest BCUT2D eigenvalue weighted by atomic mass is 16.5. The fourth-order valence-corrected chi connectivity index (χ4v) is 2.92. The van der Waals surface area contributed by atoms with Crippen LogP contribution < -0.4 is 4.74 Å². The monoisotopic (exact) mass is 312 g/mol. The lowest BCUT2D eigenvalue weighted by molar-refractivity contribution is 0.415. The average Bonchev–Trinajstić information content (AvgIpc) is 2.60. The summed E-state index contributed by atoms with van der Waals surface area (Å²) in [6.07, 6.45) is 2.17. The van der Waals surface area contributed by atoms with Crippen LogP contribution in [0.15, 0.2) is 36.4 Å². The van der Waals surface area contributed by atoms with E-state index in [4.69, 9.17) is 4.74 Å². The van der Waals surface area contributed by atoms with Crippen molar-refractivity contribution >= 4 is 0 Å². The molecule has 2 nitrogen and oxygen atoms in total. The van der Waals surface area contributed by atoms with Gasteiger partial charge in [-0.2, -0.15) is 0 Å². The highest BCUT2D eigenvalue weighted by molar-refractivity contribution is 5.72. The summed E-state index contributed by atoms with van der Waals surface area (Å²) in [4.78, 5) is 0. The predicted molar refractivity (Wildman–Crippen MR) is 97.5 cm³/mol. The first-order valence-electron chi connectivity index (χ1n) is 8.52. The van der Waals surface area contributed by atoms with E-state index in [1.54, 1.807) is 7.11 Å². The normalized spacial score (nSPS) is 13.6. The van der Waals surface area contributed by atoms with Crippen LogP contribution in [0.2, 0.25) is 0 Å². The van der Waals surface area contributed by atoms with E-state index >= 15 is 0 Å². The molecule has 124 valence electrons. The van der Waals surface area contributed by atoms with Crippen molar-refractivity contribution in [2.45, 2.75) is 52.4 Å². The molecule has 0 bridgehead atoms. The molecule has 2 aromatic rings. The van der Waals surface area contributed by atoms with Crippen LogP contribution >= 0.6 is 0 Å². The van der Waals surface area contributed by atoms with Crippen LogP contribution in [0.25, 0.3) is 11.1 Å². The van der Waals surface area contributed by atoms with Gasteiger partial charge >= 0.3 is 0 Å². The van der Waals surface area contributed by atoms with Crippen LogP contribution in [0.4, 0.5) is 0 Å². The summed E-state index contributed by atoms with van der Waals surface area (Å²) in [6, 6.07) is 12.0. The minimum Gasteiger partial charge on any atom is -0.507 e. The van der Waals surface area contributed by atoms with E-state index < -0.39 is 0 Å². The van der Waals surface area contributed by atoms with E-state index in [0.29, 0.717) is 17.6 Å². The van der Waals surface area contributed by atoms with Crippen LogP contribution in [0, 0.1) is 0 Å². The van der Waals surface area contributed by atoms with E-state index in [-0.39, 0.29) is 0 Å². The molecule has 2 rings (SSSR count). The molecule has 0 radical (unpaired) electrons. The second-order valence-corrected chi connectivity index (χ2v) is 6.35. The van der Waals surface area contributed by atoms with Gasteiger partial charge in [0, 0.05) is 5.56 Å². The molecular formula is C21H28O2. The molecule has 0 heterocycles. The molecule has 0 amide bonds. The number of hydrogen-bond acceptors (Lipinski definition) is 2. The summed E-state index contributed by atoms with van der Waals surface area (Å²) in [5.74, 6) is 2.12. The first kappa shape index (κ1) is 17.4. The lowest BCUT2D eigenvalue weighted by Gasteiger charge is -2.21. The van der Waals surface area contributed by atoms with Crippen LogP contribution in [-0.4, -0.2) is 12.2 Å². The maximum Gasteiger partial charge on any atom is 0.123 e. The second-order valence-electron chi connectivity index (χ2n) is 6.35. The number of methoxy groups -OCH3 is 1. The number of phenolic OH excluding ortho intramolecular Hbond substituents is 1. The summed E-state index contributed by atoms with van der Waals surface area (Å²) in [7, 11) is 1.66. The summed E-state index contributed by atoms with van der Waals surface area (Å²) in [5.41, 5.74) is 4.54. The molecule has 0 fully saturated rings. The number of phenols is 1. The molecule has 0 aliphatic carbocycles. The number of rotatable bonds is 6. The Balaban J connectivity index is 2.55. The van der Waals surface area contributed by atoms with Crippen LogP contribution in [-0.2, 0) is 0 Å². The van der Waals surface area contributed by atoms with Crippen LogP contribution in [0.5, 0.6) is 11.5 Å². The molecule has 0 spiro atoms. The molecule has 1 N–H and O–H groups in total. The molecule has 2 heteroatoms. The molecule has 2 unspecified atom stereocenters. The van der Waals surface area contributed by atoms with E-state index in [9.17, 15) is 5.11 Å². The summed E-state index contributed by atoms with van der Waals surface area (Å²) in [5, 5.41) is 10.6. The van der Waals surface area contributed by atoms with Gasteiger partial charge in [-0.25, -0.2) is 0 Å². The Labute approximate surface area is 140 Å². The van der Waals surface area contributed by atoms with Crippen molar-refractivity contribution in [3.63, 3.8) is 0 Å². The summed E-state index contributed by atoms with van der Waals surface area (Å²) >= 11 is 0. The molecule has 0 aliphatic heterocycles. The van der Waals surface area contributed by atoms with Crippen molar-refractivity contribution in [1.29, 1.82) is 0 Å². The van der Waals surface area contributed by atoms with Crippen LogP contribution in [0.1, 0.15) is 63.5 Å². The zero-order valence-corrected chi connectivity index (χ0v) is 14.9. The van der Waals surface area contributed by atoms with Crippen molar-refractivity contribution in [2.75, 3.05) is 7.11 Å². The molecular weight excluding hydrogens is 284 g/mol. The Kier molecular flexibility index (Phi) is 5.70. The minimum absolute atomic E-state index is 0.359. The summed E-state index contributed by atoms with van der Waals surface area (Å²) in [6.45, 7) is 8.90. The lowest BCUT2D eigenvalue weighted by Crippen LogP contribution is -2.03. The molecule has 0 saturated carbocycles. The molecule has 23 heavy (non-hydrogen) atoms. The second kappa shape index (κ2) is 7.54. The maximum absolute atomic E-state index is 10.6. The topological polar surface area (TPSA) is 29.5 Å². The predicted octanol–water partition coefficient (Wildman–Crippen LogP) is 6.09. The van der Waals surface area contributed by atoms with Crippen molar-refractivity contribution < 1.29 is 9.84 Å². The van der Waals surface area contributed by atoms with Crippen LogP contribution in [0.3, 0.4) is 0 Å². The smallest absolute Gasteiger partial charge is 0.123 e. The number of ether oxygens (including phenoxy) is 1. The highest BCUT2D eigenvalue weighted by Crippen LogP contribution is 2.39. The van der Waals surface area contributed by atoms with Crippen molar-refractivity contribution in [1.82, 2.24) is 0 Å². The Bertz CT molecular complexity index is 644. The third-order valence-corrected chi connectivity index (χ3v) is 4.89. The number of hydrogen-bond donors (Lipinski definition) is 1. The largest absolute Gasteiger partial charge is 0.507 e. The van der Waals surface area contributed by atoms with Gasteiger partial charge < -0.3 is 9.84 Å². The SMILES string of the molecule is CCC(C)c1cc(O)c(-c2ccc(OC)cc2)cc1C(C)CC. The Morgan fingerprint density at radius 1 is 0.913 bits per heavy atom. The molecule has 2 aromatic carbocycles. The zero-order valence-electron chi connectivity index (χ0n) is 14.9. The standard InChI is InChI=1S/C21H28O2/c1-6-14(3)18-12-20(16-8-10-17(23-5)11-9-16)21(22)13-19(18)15(4)7-2/h8-15,22H,6-7H2,1-5H3. The number of benzene rings is 2. The molecule has 0 aliphatic rings. The van der Waals surface area contributed by atoms with E-state index in [0.717, 1.165) is 29.7 Å². The zero-order chi connectivity index (χ0) is 17.0. The van der Waals surface area contributed by atoms with Gasteiger partial charge in [-0.1, -0.05) is 39.8 Å². The van der Waals surface area contributed by atoms with Crippen molar-refractivity contribution in [2.24, 2.45) is 0 Å². The first-order chi connectivity index (χ1) is 11.0. The Hall–Kier alpha value is -1.96. The first-order valence-corrected chi connectivity index (χ1v) is 8.52. The van der Waals surface area contributed by atoms with E-state index in [1.165, 1.54) is 11.1 Å². The molecule has 2 atom stereocenters. The fraction of sp³-hybridized carbons (Fsp3) is 0.429. The van der Waals surface area contributed by atoms with Gasteiger partial charge in [0.2, 0.25) is 0 Å². The third-order valence-electron chi connectivity index (χ3n) is 4.89. The Morgan fingerprint density at radius 2 is 1.43 bits per heavy atom. The van der Waals surface area contributed by atoms with Gasteiger partial charge in [0.1, 0.15) is 11.5 Å². The van der Waals surface area contributed by atoms with E-state index in [2.05, 4.69) is 33.8 Å². The molecule has 0 saturated heterocycles. The van der Waals surface area contributed by atoms with Gasteiger partial charge in [-0.05, 0) is 65.6 Å². The fourth-order valence-electron chi connectivity index (χ4n) is 2.92. The quantitative estimate of drug-likeness (QED) is 0.699. The highest BCUT2D eigenvalue weighted by Gasteiger charge is 2.18. The van der Waals surface area contributed by atoms with E-state index in [1.807, 2.05) is 30.3 Å². The third kappa shape index (κ3) is 3.69. The lowest BCUT2D eigenvalue weighted by atomic mass is 9.84. The van der Waals surface area contributed by atoms with Gasteiger partial charge in [0.05, 0.1) is 7.11 Å². The maximum atomic E-state index is 10.6. The minimum atomic E-state index is 0.359. The van der Waals surface area contributed by atoms with Crippen molar-refractivity contribution in [3.05, 3.63) is 47.5 Å². The van der Waals surface area contributed by atoms with Crippen molar-refractivity contribution in [3.8, 4) is 22.6 Å². The van der Waals surface area contributed by atoms with Gasteiger partial charge in [0.25, 0.3) is 0 Å². The summed E-state index contributed by atoms with van der Waals surface area (Å²) < 4.78 is 5.22.